The zero-order valence-corrected chi connectivity index (χ0v) is 25.1. The molecule has 46 heavy (non-hydrogen) atoms. The number of carbonyl (C=O) groups excluding carboxylic acids is 2. The molecular formula is C36H28N6O4. The molecule has 0 bridgehead atoms. The number of β-lactam (4-membered cyclic amide) rings is 2. The normalized spacial score (nSPS) is 17.8. The number of benzene rings is 4. The van der Waals surface area contributed by atoms with Crippen LogP contribution in [0.4, 0.5) is 11.4 Å². The number of nitrogens with zero attached hydrogens (tertiary/aromatic N) is 6. The Hall–Kier alpha value is -5.90. The van der Waals surface area contributed by atoms with E-state index in [9.17, 15) is 19.2 Å². The van der Waals surface area contributed by atoms with Gasteiger partial charge in [0.05, 0.1) is 34.6 Å². The summed E-state index contributed by atoms with van der Waals surface area (Å²) in [6.45, 7) is 0. The van der Waals surface area contributed by atoms with E-state index in [2.05, 4.69) is 0 Å². The molecular weight excluding hydrogens is 580 g/mol. The van der Waals surface area contributed by atoms with Crippen molar-refractivity contribution in [3.8, 4) is 11.1 Å². The van der Waals surface area contributed by atoms with E-state index in [0.29, 0.717) is 33.5 Å². The number of para-hydroxylation sites is 2. The maximum atomic E-state index is 13.0. The summed E-state index contributed by atoms with van der Waals surface area (Å²) in [5, 5.41) is 1.09. The first-order chi connectivity index (χ1) is 22.3. The molecule has 0 N–H and O–H groups in total. The van der Waals surface area contributed by atoms with E-state index in [1.807, 2.05) is 84.9 Å². The number of fused-ring (bicyclic) bond motifs is 2. The predicted octanol–water partition coefficient (Wildman–Crippen LogP) is 4.80. The zero-order valence-electron chi connectivity index (χ0n) is 25.1. The summed E-state index contributed by atoms with van der Waals surface area (Å²) >= 11 is 0. The van der Waals surface area contributed by atoms with E-state index in [1.165, 1.54) is 9.13 Å². The van der Waals surface area contributed by atoms with Gasteiger partial charge >= 0.3 is 0 Å². The zero-order chi connectivity index (χ0) is 31.7. The molecule has 2 amide bonds. The number of aromatic nitrogens is 4. The van der Waals surface area contributed by atoms with Crippen molar-refractivity contribution in [3.63, 3.8) is 0 Å². The van der Waals surface area contributed by atoms with Crippen molar-refractivity contribution in [2.45, 2.75) is 24.9 Å². The van der Waals surface area contributed by atoms with Gasteiger partial charge in [0.2, 0.25) is 11.8 Å². The van der Waals surface area contributed by atoms with Gasteiger partial charge in [-0.3, -0.25) is 28.3 Å². The van der Waals surface area contributed by atoms with Gasteiger partial charge in [0.25, 0.3) is 11.1 Å². The molecule has 4 heterocycles. The maximum absolute atomic E-state index is 13.0. The van der Waals surface area contributed by atoms with Crippen molar-refractivity contribution in [3.05, 3.63) is 129 Å². The first kappa shape index (κ1) is 27.6. The van der Waals surface area contributed by atoms with Crippen LogP contribution in [0.15, 0.2) is 107 Å². The molecule has 0 saturated carbocycles. The quantitative estimate of drug-likeness (QED) is 0.260. The van der Waals surface area contributed by atoms with Gasteiger partial charge < -0.3 is 9.80 Å². The fraction of sp³-hybridized carbons (Fsp3) is 0.167. The Balaban J connectivity index is 1.04. The van der Waals surface area contributed by atoms with Crippen LogP contribution in [-0.4, -0.2) is 30.9 Å². The number of carbonyl (C=O) groups is 2. The van der Waals surface area contributed by atoms with Gasteiger partial charge in [0, 0.05) is 25.5 Å². The topological polar surface area (TPSA) is 110 Å². The molecule has 2 aliphatic heterocycles. The lowest BCUT2D eigenvalue weighted by molar-refractivity contribution is -0.125. The van der Waals surface area contributed by atoms with Gasteiger partial charge in [0.1, 0.15) is 23.7 Å². The number of amides is 2. The second-order valence-electron chi connectivity index (χ2n) is 11.8. The van der Waals surface area contributed by atoms with Crippen LogP contribution >= 0.6 is 0 Å². The minimum Gasteiger partial charge on any atom is -0.301 e. The van der Waals surface area contributed by atoms with Crippen LogP contribution in [0.2, 0.25) is 0 Å². The fourth-order valence-corrected chi connectivity index (χ4v) is 6.59. The van der Waals surface area contributed by atoms with Crippen LogP contribution in [-0.2, 0) is 23.7 Å². The van der Waals surface area contributed by atoms with Gasteiger partial charge in [-0.1, -0.05) is 48.5 Å². The Morgan fingerprint density at radius 1 is 0.522 bits per heavy atom. The molecule has 2 unspecified atom stereocenters. The average Bonchev–Trinajstić information content (AvgIpc) is 3.07. The third kappa shape index (κ3) is 4.17. The summed E-state index contributed by atoms with van der Waals surface area (Å²) in [5.41, 5.74) is 4.30. The maximum Gasteiger partial charge on any atom is 0.261 e. The lowest BCUT2D eigenvalue weighted by Gasteiger charge is -2.40. The summed E-state index contributed by atoms with van der Waals surface area (Å²) in [7, 11) is 3.39. The number of rotatable bonds is 5. The van der Waals surface area contributed by atoms with Crippen molar-refractivity contribution >= 4 is 45.0 Å². The van der Waals surface area contributed by atoms with E-state index in [1.54, 1.807) is 36.0 Å². The SMILES string of the molecule is Cn1c(C2CC(=O)N2c2ccc(-c3ccc(N4C(=O)CC4c4nc5ccccc5c(=O)n4C)cc3)cc2)nc2ccccc2c1=O. The standard InChI is InChI=1S/C36H28N6O4/c1-39-33(37-27-9-5-3-7-25(27)35(39)45)29-19-31(43)41(29)23-15-11-21(12-16-23)22-13-17-24(18-14-22)42-30(20-32(42)44)34-38-28-10-6-4-8-26(28)36(46)40(34)2/h3-18,29-30H,19-20H2,1-2H3. The lowest BCUT2D eigenvalue weighted by Crippen LogP contribution is -2.48. The lowest BCUT2D eigenvalue weighted by atomic mass is 9.97. The highest BCUT2D eigenvalue weighted by Crippen LogP contribution is 2.40. The molecule has 0 aliphatic carbocycles. The van der Waals surface area contributed by atoms with E-state index < -0.39 is 0 Å². The molecule has 2 aromatic heterocycles. The number of anilines is 2. The predicted molar refractivity (Wildman–Crippen MR) is 176 cm³/mol. The Morgan fingerprint density at radius 2 is 0.891 bits per heavy atom. The molecule has 0 radical (unpaired) electrons. The van der Waals surface area contributed by atoms with E-state index >= 15 is 0 Å². The molecule has 226 valence electrons. The van der Waals surface area contributed by atoms with E-state index in [0.717, 1.165) is 22.5 Å². The monoisotopic (exact) mass is 608 g/mol. The minimum absolute atomic E-state index is 0.0308. The second kappa shape index (κ2) is 10.3. The number of hydrogen-bond donors (Lipinski definition) is 0. The highest BCUT2D eigenvalue weighted by atomic mass is 16.2. The third-order valence-corrected chi connectivity index (χ3v) is 9.15. The Morgan fingerprint density at radius 3 is 1.26 bits per heavy atom. The second-order valence-corrected chi connectivity index (χ2v) is 11.8. The molecule has 10 nitrogen and oxygen atoms in total. The van der Waals surface area contributed by atoms with Gasteiger partial charge in [-0.05, 0) is 59.7 Å². The molecule has 2 aliphatic rings. The smallest absolute Gasteiger partial charge is 0.261 e. The van der Waals surface area contributed by atoms with Crippen LogP contribution in [0.1, 0.15) is 36.6 Å². The van der Waals surface area contributed by atoms with Crippen molar-refractivity contribution in [1.82, 2.24) is 19.1 Å². The fourth-order valence-electron chi connectivity index (χ4n) is 6.59. The first-order valence-corrected chi connectivity index (χ1v) is 15.1. The molecule has 10 heteroatoms. The average molecular weight is 609 g/mol. The van der Waals surface area contributed by atoms with Gasteiger partial charge in [0.15, 0.2) is 0 Å². The van der Waals surface area contributed by atoms with E-state index in [4.69, 9.17) is 9.97 Å². The molecule has 2 atom stereocenters. The largest absolute Gasteiger partial charge is 0.301 e. The van der Waals surface area contributed by atoms with Crippen molar-refractivity contribution in [1.29, 1.82) is 0 Å². The van der Waals surface area contributed by atoms with Crippen molar-refractivity contribution < 1.29 is 9.59 Å². The Bertz CT molecular complexity index is 2180. The van der Waals surface area contributed by atoms with Crippen LogP contribution in [0.25, 0.3) is 32.9 Å². The van der Waals surface area contributed by atoms with Crippen molar-refractivity contribution in [2.75, 3.05) is 9.80 Å². The van der Waals surface area contributed by atoms with Gasteiger partial charge in [-0.25, -0.2) is 9.97 Å². The van der Waals surface area contributed by atoms with Crippen LogP contribution in [0.3, 0.4) is 0 Å². The van der Waals surface area contributed by atoms with Crippen molar-refractivity contribution in [2.24, 2.45) is 14.1 Å². The van der Waals surface area contributed by atoms with E-state index in [-0.39, 0.29) is 47.9 Å². The molecule has 2 fully saturated rings. The Labute approximate surface area is 262 Å². The Kier molecular flexibility index (Phi) is 6.21. The summed E-state index contributed by atoms with van der Waals surface area (Å²) in [6.07, 6.45) is 0.557. The third-order valence-electron chi connectivity index (χ3n) is 9.15. The highest BCUT2D eigenvalue weighted by molar-refractivity contribution is 6.02. The first-order valence-electron chi connectivity index (χ1n) is 15.1. The summed E-state index contributed by atoms with van der Waals surface area (Å²) in [5.74, 6) is 1.05. The minimum atomic E-state index is -0.335. The summed E-state index contributed by atoms with van der Waals surface area (Å²) < 4.78 is 3.07. The molecule has 0 spiro atoms. The molecule has 6 aromatic rings. The molecule has 4 aromatic carbocycles. The molecule has 2 saturated heterocycles. The highest BCUT2D eigenvalue weighted by Gasteiger charge is 2.42. The number of hydrogen-bond acceptors (Lipinski definition) is 6. The summed E-state index contributed by atoms with van der Waals surface area (Å²) in [4.78, 5) is 64.4. The van der Waals surface area contributed by atoms with Gasteiger partial charge in [-0.2, -0.15) is 0 Å². The molecule has 8 rings (SSSR count). The summed E-state index contributed by atoms with van der Waals surface area (Å²) in [6, 6.07) is 29.2. The van der Waals surface area contributed by atoms with Crippen LogP contribution in [0, 0.1) is 0 Å². The van der Waals surface area contributed by atoms with Gasteiger partial charge in [-0.15, -0.1) is 0 Å². The van der Waals surface area contributed by atoms with Crippen LogP contribution < -0.4 is 20.9 Å². The van der Waals surface area contributed by atoms with Crippen LogP contribution in [0.5, 0.6) is 0 Å².